The molecule has 0 saturated carbocycles. The topological polar surface area (TPSA) is 46.5 Å². The third-order valence-corrected chi connectivity index (χ3v) is 1.92. The van der Waals surface area contributed by atoms with Crippen LogP contribution in [0.4, 0.5) is 4.39 Å². The minimum atomic E-state index is -1.43. The monoisotopic (exact) mass is 224 g/mol. The largest absolute Gasteiger partial charge is 0.463 e. The fraction of sp³-hybridized carbons (Fsp3) is 0.250. The number of aliphatic hydroxyl groups excluding tert-OH is 1. The van der Waals surface area contributed by atoms with Crippen molar-refractivity contribution in [2.24, 2.45) is 0 Å². The van der Waals surface area contributed by atoms with Gasteiger partial charge in [-0.05, 0) is 12.5 Å². The van der Waals surface area contributed by atoms with Crippen molar-refractivity contribution in [2.45, 2.75) is 13.0 Å². The summed E-state index contributed by atoms with van der Waals surface area (Å²) >= 11 is 0. The Hall–Kier alpha value is -1.68. The first kappa shape index (κ1) is 12.4. The summed E-state index contributed by atoms with van der Waals surface area (Å²) in [7, 11) is 0. The van der Waals surface area contributed by atoms with E-state index in [0.717, 1.165) is 0 Å². The van der Waals surface area contributed by atoms with E-state index in [-0.39, 0.29) is 6.61 Å². The van der Waals surface area contributed by atoms with E-state index in [9.17, 15) is 14.3 Å². The van der Waals surface area contributed by atoms with Crippen molar-refractivity contribution in [3.8, 4) is 0 Å². The third kappa shape index (κ3) is 3.47. The van der Waals surface area contributed by atoms with Crippen LogP contribution in [0.15, 0.2) is 42.2 Å². The number of ether oxygens (including phenoxy) is 1. The Morgan fingerprint density at radius 1 is 1.50 bits per heavy atom. The van der Waals surface area contributed by atoms with E-state index in [4.69, 9.17) is 0 Å². The zero-order valence-electron chi connectivity index (χ0n) is 8.89. The van der Waals surface area contributed by atoms with Crippen molar-refractivity contribution in [1.82, 2.24) is 0 Å². The summed E-state index contributed by atoms with van der Waals surface area (Å²) in [5.41, 5.74) is 0.389. The summed E-state index contributed by atoms with van der Waals surface area (Å²) in [6, 6.07) is 8.25. The van der Waals surface area contributed by atoms with Crippen LogP contribution in [-0.4, -0.2) is 17.7 Å². The maximum absolute atomic E-state index is 13.4. The summed E-state index contributed by atoms with van der Waals surface area (Å²) in [6.07, 6.45) is -0.771. The molecule has 0 aliphatic rings. The first-order valence-electron chi connectivity index (χ1n) is 4.92. The standard InChI is InChI=1S/C12H13FO3/c1-2-16-11(14)8-10(13)12(15)9-6-4-3-5-7-9/h3-8,12,15H,2H2,1H3/b10-8-. The highest BCUT2D eigenvalue weighted by Gasteiger charge is 2.14. The van der Waals surface area contributed by atoms with Gasteiger partial charge in [-0.2, -0.15) is 0 Å². The van der Waals surface area contributed by atoms with Gasteiger partial charge in [0.2, 0.25) is 0 Å². The SMILES string of the molecule is CCOC(=O)/C=C(\F)C(O)c1ccccc1. The van der Waals surface area contributed by atoms with Crippen molar-refractivity contribution < 1.29 is 19.0 Å². The summed E-state index contributed by atoms with van der Waals surface area (Å²) in [5.74, 6) is -1.72. The smallest absolute Gasteiger partial charge is 0.333 e. The molecule has 1 aromatic carbocycles. The molecule has 0 aliphatic carbocycles. The second kappa shape index (κ2) is 6.02. The van der Waals surface area contributed by atoms with Crippen LogP contribution in [0.5, 0.6) is 0 Å². The van der Waals surface area contributed by atoms with Crippen molar-refractivity contribution in [1.29, 1.82) is 0 Å². The molecule has 0 amide bonds. The Morgan fingerprint density at radius 3 is 2.69 bits per heavy atom. The summed E-state index contributed by atoms with van der Waals surface area (Å²) < 4.78 is 17.9. The quantitative estimate of drug-likeness (QED) is 0.629. The Balaban J connectivity index is 2.74. The molecule has 0 radical (unpaired) electrons. The predicted molar refractivity (Wildman–Crippen MR) is 57.2 cm³/mol. The van der Waals surface area contributed by atoms with Crippen LogP contribution in [-0.2, 0) is 9.53 Å². The highest BCUT2D eigenvalue weighted by atomic mass is 19.1. The fourth-order valence-corrected chi connectivity index (χ4v) is 1.17. The van der Waals surface area contributed by atoms with Crippen LogP contribution < -0.4 is 0 Å². The Kier molecular flexibility index (Phi) is 4.66. The lowest BCUT2D eigenvalue weighted by Gasteiger charge is -2.08. The van der Waals surface area contributed by atoms with Crippen LogP contribution in [0.1, 0.15) is 18.6 Å². The number of aliphatic hydroxyl groups is 1. The maximum atomic E-state index is 13.4. The van der Waals surface area contributed by atoms with Crippen LogP contribution in [0.3, 0.4) is 0 Å². The molecule has 0 fully saturated rings. The van der Waals surface area contributed by atoms with E-state index >= 15 is 0 Å². The Morgan fingerprint density at radius 2 is 2.12 bits per heavy atom. The molecule has 1 N–H and O–H groups in total. The van der Waals surface area contributed by atoms with Gasteiger partial charge in [-0.15, -0.1) is 0 Å². The van der Waals surface area contributed by atoms with Gasteiger partial charge in [0.1, 0.15) is 11.9 Å². The average molecular weight is 224 g/mol. The van der Waals surface area contributed by atoms with Gasteiger partial charge in [0.25, 0.3) is 0 Å². The van der Waals surface area contributed by atoms with Crippen LogP contribution in [0.25, 0.3) is 0 Å². The van der Waals surface area contributed by atoms with E-state index in [2.05, 4.69) is 4.74 Å². The van der Waals surface area contributed by atoms with Gasteiger partial charge in [0, 0.05) is 0 Å². The lowest BCUT2D eigenvalue weighted by Crippen LogP contribution is -2.04. The number of hydrogen-bond donors (Lipinski definition) is 1. The molecule has 3 nitrogen and oxygen atoms in total. The molecule has 86 valence electrons. The fourth-order valence-electron chi connectivity index (χ4n) is 1.17. The number of halogens is 1. The summed E-state index contributed by atoms with van der Waals surface area (Å²) in [4.78, 5) is 10.9. The van der Waals surface area contributed by atoms with Crippen molar-refractivity contribution in [2.75, 3.05) is 6.61 Å². The molecule has 0 saturated heterocycles. The van der Waals surface area contributed by atoms with E-state index in [1.807, 2.05) is 0 Å². The average Bonchev–Trinajstić information content (AvgIpc) is 2.29. The molecule has 1 unspecified atom stereocenters. The van der Waals surface area contributed by atoms with Crippen LogP contribution in [0, 0.1) is 0 Å². The Labute approximate surface area is 93.2 Å². The zero-order valence-corrected chi connectivity index (χ0v) is 8.89. The van der Waals surface area contributed by atoms with Crippen LogP contribution in [0.2, 0.25) is 0 Å². The Bertz CT molecular complexity index is 373. The molecule has 0 heterocycles. The second-order valence-electron chi connectivity index (χ2n) is 3.09. The van der Waals surface area contributed by atoms with Crippen molar-refractivity contribution in [3.63, 3.8) is 0 Å². The number of benzene rings is 1. The maximum Gasteiger partial charge on any atom is 0.333 e. The number of rotatable bonds is 4. The number of esters is 1. The molecular formula is C12H13FO3. The van der Waals surface area contributed by atoms with Gasteiger partial charge in [-0.1, -0.05) is 30.3 Å². The van der Waals surface area contributed by atoms with E-state index in [1.165, 1.54) is 0 Å². The molecule has 0 spiro atoms. The van der Waals surface area contributed by atoms with Gasteiger partial charge < -0.3 is 9.84 Å². The number of carbonyl (C=O) groups excluding carboxylic acids is 1. The predicted octanol–water partition coefficient (Wildman–Crippen LogP) is 2.14. The van der Waals surface area contributed by atoms with Crippen molar-refractivity contribution >= 4 is 5.97 Å². The molecular weight excluding hydrogens is 211 g/mol. The molecule has 16 heavy (non-hydrogen) atoms. The lowest BCUT2D eigenvalue weighted by molar-refractivity contribution is -0.137. The van der Waals surface area contributed by atoms with Gasteiger partial charge in [-0.3, -0.25) is 0 Å². The van der Waals surface area contributed by atoms with Crippen molar-refractivity contribution in [3.05, 3.63) is 47.8 Å². The van der Waals surface area contributed by atoms with E-state index in [0.29, 0.717) is 11.6 Å². The summed E-state index contributed by atoms with van der Waals surface area (Å²) in [5, 5.41) is 9.56. The summed E-state index contributed by atoms with van der Waals surface area (Å²) in [6.45, 7) is 1.79. The van der Waals surface area contributed by atoms with E-state index in [1.54, 1.807) is 37.3 Å². The van der Waals surface area contributed by atoms with Crippen LogP contribution >= 0.6 is 0 Å². The normalized spacial score (nSPS) is 13.3. The number of carbonyl (C=O) groups is 1. The first-order valence-corrected chi connectivity index (χ1v) is 4.92. The molecule has 1 aromatic rings. The van der Waals surface area contributed by atoms with Gasteiger partial charge in [0.05, 0.1) is 12.7 Å². The lowest BCUT2D eigenvalue weighted by atomic mass is 10.1. The molecule has 4 heteroatoms. The second-order valence-corrected chi connectivity index (χ2v) is 3.09. The van der Waals surface area contributed by atoms with Gasteiger partial charge >= 0.3 is 5.97 Å². The van der Waals surface area contributed by atoms with Gasteiger partial charge in [0.15, 0.2) is 0 Å². The third-order valence-electron chi connectivity index (χ3n) is 1.92. The highest BCUT2D eigenvalue weighted by molar-refractivity contribution is 5.82. The first-order chi connectivity index (χ1) is 7.65. The minimum absolute atomic E-state index is 0.171. The van der Waals surface area contributed by atoms with Gasteiger partial charge in [-0.25, -0.2) is 9.18 Å². The molecule has 1 atom stereocenters. The molecule has 0 aromatic heterocycles. The molecule has 0 aliphatic heterocycles. The highest BCUT2D eigenvalue weighted by Crippen LogP contribution is 2.21. The molecule has 0 bridgehead atoms. The number of hydrogen-bond acceptors (Lipinski definition) is 3. The zero-order chi connectivity index (χ0) is 12.0. The minimum Gasteiger partial charge on any atom is -0.463 e. The molecule has 1 rings (SSSR count). The van der Waals surface area contributed by atoms with E-state index < -0.39 is 17.9 Å².